The lowest BCUT2D eigenvalue weighted by Crippen LogP contribution is -2.16. The molecule has 0 amide bonds. The number of benzene rings is 1. The van der Waals surface area contributed by atoms with Crippen LogP contribution in [0.2, 0.25) is 0 Å². The number of hydrogen-bond donors (Lipinski definition) is 2. The highest BCUT2D eigenvalue weighted by Gasteiger charge is 2.23. The maximum absolute atomic E-state index is 10.5. The molecule has 0 bridgehead atoms. The van der Waals surface area contributed by atoms with Gasteiger partial charge in [-0.2, -0.15) is 0 Å². The summed E-state index contributed by atoms with van der Waals surface area (Å²) < 4.78 is 5.27. The fourth-order valence-electron chi connectivity index (χ4n) is 2.09. The van der Waals surface area contributed by atoms with Gasteiger partial charge in [0.1, 0.15) is 5.75 Å². The molecule has 0 saturated carbocycles. The molecule has 1 aliphatic rings. The number of fused-ring (bicyclic) bond motifs is 1. The summed E-state index contributed by atoms with van der Waals surface area (Å²) in [5.74, 6) is 0.132. The normalized spacial score (nSPS) is 17.7. The first-order valence-electron chi connectivity index (χ1n) is 5.35. The predicted octanol–water partition coefficient (Wildman–Crippen LogP) is 1.90. The van der Waals surface area contributed by atoms with Gasteiger partial charge in [0.25, 0.3) is 0 Å². The van der Waals surface area contributed by atoms with Crippen molar-refractivity contribution in [1.29, 1.82) is 0 Å². The van der Waals surface area contributed by atoms with Crippen LogP contribution in [0.1, 0.15) is 18.4 Å². The van der Waals surface area contributed by atoms with E-state index in [4.69, 9.17) is 9.84 Å². The number of rotatable bonds is 4. The summed E-state index contributed by atoms with van der Waals surface area (Å²) in [4.78, 5) is 10.5. The summed E-state index contributed by atoms with van der Waals surface area (Å²) in [6.45, 7) is 0. The van der Waals surface area contributed by atoms with Crippen LogP contribution in [0.25, 0.3) is 0 Å². The Hall–Kier alpha value is -1.71. The number of anilines is 1. The van der Waals surface area contributed by atoms with Crippen molar-refractivity contribution in [2.24, 2.45) is 0 Å². The monoisotopic (exact) mass is 221 g/mol. The number of ether oxygens (including phenoxy) is 1. The summed E-state index contributed by atoms with van der Waals surface area (Å²) in [7, 11) is 1.65. The number of nitrogens with one attached hydrogen (secondary N) is 1. The summed E-state index contributed by atoms with van der Waals surface area (Å²) in [6, 6.07) is 6.07. The Bertz CT molecular complexity index is 403. The average molecular weight is 221 g/mol. The lowest BCUT2D eigenvalue weighted by atomic mass is 10.1. The van der Waals surface area contributed by atoms with Crippen molar-refractivity contribution in [3.8, 4) is 5.75 Å². The van der Waals surface area contributed by atoms with Crippen LogP contribution in [0, 0.1) is 0 Å². The third-order valence-electron chi connectivity index (χ3n) is 2.87. The Labute approximate surface area is 94.2 Å². The number of carboxylic acids is 1. The third kappa shape index (κ3) is 2.10. The molecule has 86 valence electrons. The Morgan fingerprint density at radius 2 is 2.44 bits per heavy atom. The molecular formula is C12H15NO3. The molecule has 0 aromatic heterocycles. The van der Waals surface area contributed by atoms with Gasteiger partial charge in [0, 0.05) is 23.7 Å². The van der Waals surface area contributed by atoms with Gasteiger partial charge < -0.3 is 15.2 Å². The van der Waals surface area contributed by atoms with E-state index >= 15 is 0 Å². The number of carbonyl (C=O) groups is 1. The molecule has 4 nitrogen and oxygen atoms in total. The molecule has 1 unspecified atom stereocenters. The maximum atomic E-state index is 10.5. The van der Waals surface area contributed by atoms with E-state index in [1.165, 1.54) is 0 Å². The SMILES string of the molecule is COc1cccc2c1CC(CCC(=O)O)N2. The van der Waals surface area contributed by atoms with Gasteiger partial charge in [-0.05, 0) is 25.0 Å². The highest BCUT2D eigenvalue weighted by molar-refractivity contribution is 5.67. The van der Waals surface area contributed by atoms with E-state index in [2.05, 4.69) is 5.32 Å². The van der Waals surface area contributed by atoms with Crippen LogP contribution in [-0.2, 0) is 11.2 Å². The Balaban J connectivity index is 2.06. The standard InChI is InChI=1S/C12H15NO3/c1-16-11-4-2-3-10-9(11)7-8(13-10)5-6-12(14)15/h2-4,8,13H,5-7H2,1H3,(H,14,15). The molecule has 1 heterocycles. The van der Waals surface area contributed by atoms with Gasteiger partial charge >= 0.3 is 5.97 Å². The van der Waals surface area contributed by atoms with E-state index in [-0.39, 0.29) is 12.5 Å². The number of aliphatic carboxylic acids is 1. The molecule has 2 rings (SSSR count). The zero-order valence-corrected chi connectivity index (χ0v) is 9.19. The highest BCUT2D eigenvalue weighted by atomic mass is 16.5. The van der Waals surface area contributed by atoms with E-state index in [1.807, 2.05) is 18.2 Å². The van der Waals surface area contributed by atoms with Crippen molar-refractivity contribution in [2.75, 3.05) is 12.4 Å². The van der Waals surface area contributed by atoms with Crippen molar-refractivity contribution in [3.05, 3.63) is 23.8 Å². The summed E-state index contributed by atoms with van der Waals surface area (Å²) in [5.41, 5.74) is 2.22. The number of carboxylic acid groups (broad SMARTS) is 1. The van der Waals surface area contributed by atoms with E-state index in [0.717, 1.165) is 23.4 Å². The van der Waals surface area contributed by atoms with Crippen LogP contribution in [0.5, 0.6) is 5.75 Å². The number of hydrogen-bond acceptors (Lipinski definition) is 3. The van der Waals surface area contributed by atoms with Crippen molar-refractivity contribution in [2.45, 2.75) is 25.3 Å². The van der Waals surface area contributed by atoms with Gasteiger partial charge in [0.05, 0.1) is 7.11 Å². The van der Waals surface area contributed by atoms with Gasteiger partial charge in [-0.3, -0.25) is 4.79 Å². The molecule has 1 aromatic rings. The Kier molecular flexibility index (Phi) is 2.99. The highest BCUT2D eigenvalue weighted by Crippen LogP contribution is 2.34. The minimum absolute atomic E-state index is 0.202. The molecular weight excluding hydrogens is 206 g/mol. The summed E-state index contributed by atoms with van der Waals surface area (Å²) in [5, 5.41) is 12.0. The smallest absolute Gasteiger partial charge is 0.303 e. The largest absolute Gasteiger partial charge is 0.496 e. The zero-order valence-electron chi connectivity index (χ0n) is 9.19. The fourth-order valence-corrected chi connectivity index (χ4v) is 2.09. The van der Waals surface area contributed by atoms with Crippen molar-refractivity contribution in [3.63, 3.8) is 0 Å². The third-order valence-corrected chi connectivity index (χ3v) is 2.87. The molecule has 2 N–H and O–H groups in total. The van der Waals surface area contributed by atoms with Crippen molar-refractivity contribution >= 4 is 11.7 Å². The first-order valence-corrected chi connectivity index (χ1v) is 5.35. The van der Waals surface area contributed by atoms with E-state index in [9.17, 15) is 4.79 Å². The van der Waals surface area contributed by atoms with E-state index in [1.54, 1.807) is 7.11 Å². The maximum Gasteiger partial charge on any atom is 0.303 e. The van der Waals surface area contributed by atoms with E-state index < -0.39 is 5.97 Å². The lowest BCUT2D eigenvalue weighted by Gasteiger charge is -2.08. The van der Waals surface area contributed by atoms with Gasteiger partial charge in [-0.15, -0.1) is 0 Å². The van der Waals surface area contributed by atoms with Crippen LogP contribution < -0.4 is 10.1 Å². The molecule has 1 atom stereocenters. The van der Waals surface area contributed by atoms with Crippen LogP contribution in [-0.4, -0.2) is 24.2 Å². The van der Waals surface area contributed by atoms with Gasteiger partial charge in [-0.25, -0.2) is 0 Å². The van der Waals surface area contributed by atoms with E-state index in [0.29, 0.717) is 6.42 Å². The minimum atomic E-state index is -0.746. The first-order chi connectivity index (χ1) is 7.70. The number of methoxy groups -OCH3 is 1. The van der Waals surface area contributed by atoms with Gasteiger partial charge in [0.15, 0.2) is 0 Å². The first kappa shape index (κ1) is 10.8. The zero-order chi connectivity index (χ0) is 11.5. The van der Waals surface area contributed by atoms with Crippen LogP contribution in [0.4, 0.5) is 5.69 Å². The fraction of sp³-hybridized carbons (Fsp3) is 0.417. The molecule has 1 aromatic carbocycles. The van der Waals surface area contributed by atoms with Crippen LogP contribution in [0.3, 0.4) is 0 Å². The van der Waals surface area contributed by atoms with Crippen molar-refractivity contribution in [1.82, 2.24) is 0 Å². The molecule has 1 aliphatic heterocycles. The molecule has 0 spiro atoms. The summed E-state index contributed by atoms with van der Waals surface area (Å²) >= 11 is 0. The lowest BCUT2D eigenvalue weighted by molar-refractivity contribution is -0.137. The molecule has 0 saturated heterocycles. The summed E-state index contributed by atoms with van der Waals surface area (Å²) in [6.07, 6.45) is 1.69. The quantitative estimate of drug-likeness (QED) is 0.815. The van der Waals surface area contributed by atoms with Gasteiger partial charge in [-0.1, -0.05) is 6.07 Å². The minimum Gasteiger partial charge on any atom is -0.496 e. The van der Waals surface area contributed by atoms with Crippen LogP contribution >= 0.6 is 0 Å². The van der Waals surface area contributed by atoms with Crippen LogP contribution in [0.15, 0.2) is 18.2 Å². The molecule has 0 fully saturated rings. The second kappa shape index (κ2) is 4.43. The molecule has 16 heavy (non-hydrogen) atoms. The topological polar surface area (TPSA) is 58.6 Å². The Morgan fingerprint density at radius 3 is 3.12 bits per heavy atom. The van der Waals surface area contributed by atoms with Gasteiger partial charge in [0.2, 0.25) is 0 Å². The molecule has 0 aliphatic carbocycles. The predicted molar refractivity (Wildman–Crippen MR) is 61.0 cm³/mol. The van der Waals surface area contributed by atoms with Crippen molar-refractivity contribution < 1.29 is 14.6 Å². The Morgan fingerprint density at radius 1 is 1.62 bits per heavy atom. The average Bonchev–Trinajstić information content (AvgIpc) is 2.68. The second-order valence-electron chi connectivity index (χ2n) is 3.96. The molecule has 4 heteroatoms. The second-order valence-corrected chi connectivity index (χ2v) is 3.96. The molecule has 0 radical (unpaired) electrons.